The fraction of sp³-hybridized carbons (Fsp3) is 0.556. The average molecular weight is 957 g/mol. The van der Waals surface area contributed by atoms with Gasteiger partial charge in [0.1, 0.15) is 21.8 Å². The van der Waals surface area contributed by atoms with Crippen LogP contribution in [0.2, 0.25) is 0 Å². The van der Waals surface area contributed by atoms with Crippen molar-refractivity contribution in [3.05, 3.63) is 99.6 Å². The van der Waals surface area contributed by atoms with Gasteiger partial charge in [0.2, 0.25) is 0 Å². The molecule has 11 nitrogen and oxygen atoms in total. The van der Waals surface area contributed by atoms with Crippen LogP contribution in [0.1, 0.15) is 147 Å². The number of thiazole rings is 1. The zero-order valence-electron chi connectivity index (χ0n) is 41.3. The first-order valence-corrected chi connectivity index (χ1v) is 24.6. The van der Waals surface area contributed by atoms with Crippen LogP contribution in [0.4, 0.5) is 14.4 Å². The predicted octanol–water partition coefficient (Wildman–Crippen LogP) is 13.1. The second kappa shape index (κ2) is 23.4. The van der Waals surface area contributed by atoms with Gasteiger partial charge in [-0.25, -0.2) is 19.4 Å². The summed E-state index contributed by atoms with van der Waals surface area (Å²) in [6.45, 7) is 25.1. The second-order valence-electron chi connectivity index (χ2n) is 20.6. The third-order valence-electron chi connectivity index (χ3n) is 11.6. The number of thiocarbonyl (C=S) groups is 1. The molecule has 3 aliphatic heterocycles. The lowest BCUT2D eigenvalue weighted by molar-refractivity contribution is -0.122. The standard InChI is InChI=1S/C18H25NO3.C18H25NO2S.C17H22N2O2S.CH4/c1-13-8-5-6-9-14(13)12-16(20)15-10-7-11-19(15)17(21)22-18(2,3)4;1-13-8-5-6-9-14(13)12-16(22)15-10-7-11-19(15)17(20)21-18(2,3)4;1-11-7-5-9-13-14(11)18-15(22-13)12-8-6-10-19(12)16(20)21-17(2,3)4;/h2*5-6,8-9,15H,7,10-12H2,1-4H3;5,7,9,12H,6,8,10H2,1-4H3;1H4/t2*15-;12-;/m000./s1. The van der Waals surface area contributed by atoms with E-state index in [-0.39, 0.29) is 49.6 Å². The highest BCUT2D eigenvalue weighted by atomic mass is 32.1. The molecule has 0 saturated carbocycles. The van der Waals surface area contributed by atoms with Gasteiger partial charge in [-0.2, -0.15) is 0 Å². The number of likely N-dealkylation sites (tertiary alicyclic amines) is 3. The zero-order valence-corrected chi connectivity index (χ0v) is 43.0. The van der Waals surface area contributed by atoms with Gasteiger partial charge in [0, 0.05) is 37.3 Å². The zero-order chi connectivity index (χ0) is 48.6. The molecule has 0 spiro atoms. The van der Waals surface area contributed by atoms with Gasteiger partial charge in [0.15, 0.2) is 5.78 Å². The Hall–Kier alpha value is -4.88. The minimum Gasteiger partial charge on any atom is -0.444 e. The van der Waals surface area contributed by atoms with Gasteiger partial charge in [-0.3, -0.25) is 14.6 Å². The molecule has 4 aromatic rings. The summed E-state index contributed by atoms with van der Waals surface area (Å²) in [6.07, 6.45) is 5.70. The fourth-order valence-electron chi connectivity index (χ4n) is 8.32. The number of aromatic nitrogens is 1. The Morgan fingerprint density at radius 1 is 0.597 bits per heavy atom. The number of para-hydroxylation sites is 1. The Morgan fingerprint density at radius 3 is 1.54 bits per heavy atom. The Kier molecular flexibility index (Phi) is 19.1. The summed E-state index contributed by atoms with van der Waals surface area (Å²) in [7, 11) is 0. The lowest BCUT2D eigenvalue weighted by atomic mass is 9.99. The molecule has 0 bridgehead atoms. The average Bonchev–Trinajstić information content (AvgIpc) is 4.05. The van der Waals surface area contributed by atoms with Crippen LogP contribution < -0.4 is 0 Å². The topological polar surface area (TPSA) is 119 Å². The van der Waals surface area contributed by atoms with Crippen molar-refractivity contribution in [3.63, 3.8) is 0 Å². The highest BCUT2D eigenvalue weighted by Crippen LogP contribution is 2.38. The van der Waals surface area contributed by atoms with Crippen molar-refractivity contribution in [2.24, 2.45) is 0 Å². The molecule has 0 aliphatic carbocycles. The van der Waals surface area contributed by atoms with E-state index in [2.05, 4.69) is 44.2 Å². The van der Waals surface area contributed by atoms with Crippen LogP contribution in [0.15, 0.2) is 66.7 Å². The van der Waals surface area contributed by atoms with E-state index >= 15 is 0 Å². The molecule has 0 radical (unpaired) electrons. The number of benzene rings is 3. The van der Waals surface area contributed by atoms with Crippen molar-refractivity contribution < 1.29 is 33.4 Å². The number of fused-ring (bicyclic) bond motifs is 1. The number of ketones is 1. The highest BCUT2D eigenvalue weighted by Gasteiger charge is 2.38. The Balaban J connectivity index is 0.000000218. The minimum atomic E-state index is -0.538. The normalized spacial score (nSPS) is 18.3. The quantitative estimate of drug-likeness (QED) is 0.132. The van der Waals surface area contributed by atoms with Crippen LogP contribution in [0, 0.1) is 20.8 Å². The van der Waals surface area contributed by atoms with Crippen LogP contribution in [-0.2, 0) is 31.8 Å². The molecule has 3 fully saturated rings. The summed E-state index contributed by atoms with van der Waals surface area (Å²) < 4.78 is 17.6. The molecule has 3 amide bonds. The monoisotopic (exact) mass is 957 g/mol. The van der Waals surface area contributed by atoms with Crippen molar-refractivity contribution in [3.8, 4) is 0 Å². The third kappa shape index (κ3) is 15.8. The van der Waals surface area contributed by atoms with Crippen molar-refractivity contribution >= 4 is 62.7 Å². The van der Waals surface area contributed by atoms with Crippen molar-refractivity contribution in [1.29, 1.82) is 0 Å². The van der Waals surface area contributed by atoms with Crippen molar-refractivity contribution in [2.75, 3.05) is 19.6 Å². The van der Waals surface area contributed by atoms with E-state index in [9.17, 15) is 19.2 Å². The molecule has 3 saturated heterocycles. The molecule has 3 aromatic carbocycles. The van der Waals surface area contributed by atoms with E-state index in [4.69, 9.17) is 31.4 Å². The van der Waals surface area contributed by atoms with Crippen LogP contribution >= 0.6 is 23.6 Å². The molecule has 3 atom stereocenters. The maximum absolute atomic E-state index is 12.6. The predicted molar refractivity (Wildman–Crippen MR) is 275 cm³/mol. The molecule has 1 aromatic heterocycles. The van der Waals surface area contributed by atoms with E-state index in [0.717, 1.165) is 84.6 Å². The maximum Gasteiger partial charge on any atom is 0.410 e. The van der Waals surface area contributed by atoms with Gasteiger partial charge in [-0.15, -0.1) is 11.3 Å². The van der Waals surface area contributed by atoms with E-state index in [1.165, 1.54) is 21.4 Å². The lowest BCUT2D eigenvalue weighted by Gasteiger charge is -2.29. The first kappa shape index (κ1) is 54.7. The van der Waals surface area contributed by atoms with Gasteiger partial charge in [-0.05, 0) is 155 Å². The third-order valence-corrected chi connectivity index (χ3v) is 13.1. The van der Waals surface area contributed by atoms with Crippen molar-refractivity contribution in [1.82, 2.24) is 19.7 Å². The first-order valence-electron chi connectivity index (χ1n) is 23.4. The lowest BCUT2D eigenvalue weighted by Crippen LogP contribution is -2.43. The summed E-state index contributed by atoms with van der Waals surface area (Å²) in [5.74, 6) is 0.0951. The van der Waals surface area contributed by atoms with Gasteiger partial charge in [0.05, 0.1) is 28.3 Å². The van der Waals surface area contributed by atoms with Gasteiger partial charge >= 0.3 is 18.3 Å². The molecule has 4 heterocycles. The van der Waals surface area contributed by atoms with Crippen LogP contribution in [-0.4, -0.2) is 97.1 Å². The summed E-state index contributed by atoms with van der Waals surface area (Å²) in [6, 6.07) is 22.1. The number of carbonyl (C=O) groups is 4. The molecule has 0 N–H and O–H groups in total. The number of carbonyl (C=O) groups excluding carboxylic acids is 4. The summed E-state index contributed by atoms with van der Waals surface area (Å²) in [5.41, 5.74) is 5.39. The number of nitrogens with zero attached hydrogens (tertiary/aromatic N) is 4. The Morgan fingerprint density at radius 2 is 1.03 bits per heavy atom. The molecule has 7 rings (SSSR count). The highest BCUT2D eigenvalue weighted by molar-refractivity contribution is 7.80. The van der Waals surface area contributed by atoms with Crippen LogP contribution in [0.3, 0.4) is 0 Å². The molecule has 0 unspecified atom stereocenters. The molecule has 366 valence electrons. The second-order valence-corrected chi connectivity index (χ2v) is 22.2. The Bertz CT molecular complexity index is 2240. The van der Waals surface area contributed by atoms with Gasteiger partial charge in [0.25, 0.3) is 0 Å². The maximum atomic E-state index is 12.6. The number of amides is 3. The van der Waals surface area contributed by atoms with Gasteiger partial charge < -0.3 is 19.1 Å². The number of hydrogen-bond acceptors (Lipinski definition) is 10. The first-order chi connectivity index (χ1) is 30.9. The smallest absolute Gasteiger partial charge is 0.410 e. The van der Waals surface area contributed by atoms with Crippen LogP contribution in [0.5, 0.6) is 0 Å². The van der Waals surface area contributed by atoms with Gasteiger partial charge in [-0.1, -0.05) is 80.3 Å². The number of rotatable bonds is 7. The summed E-state index contributed by atoms with van der Waals surface area (Å²) in [5, 5.41) is 1.02. The SMILES string of the molecule is C.Cc1cccc2sc([C@@H]3CCCN3C(=O)OC(C)(C)C)nc12.Cc1ccccc1CC(=O)[C@@H]1CCCN1C(=O)OC(C)(C)C.Cc1ccccc1CC(=S)[C@@H]1CCCN1C(=O)OC(C)(C)C. The van der Waals surface area contributed by atoms with Crippen molar-refractivity contribution in [2.45, 2.75) is 177 Å². The van der Waals surface area contributed by atoms with E-state index in [1.807, 2.05) is 111 Å². The van der Waals surface area contributed by atoms with Crippen LogP contribution in [0.25, 0.3) is 10.2 Å². The number of aryl methyl sites for hydroxylation is 3. The molecule has 13 heteroatoms. The molecule has 67 heavy (non-hydrogen) atoms. The largest absolute Gasteiger partial charge is 0.444 e. The molecular formula is C54H76N4O7S2. The Labute approximate surface area is 409 Å². The number of Topliss-reactive ketones (excluding diaryl/α,β-unsaturated/α-hetero) is 1. The fourth-order valence-corrected chi connectivity index (χ4v) is 9.91. The molecule has 3 aliphatic rings. The van der Waals surface area contributed by atoms with E-state index in [1.54, 1.807) is 21.1 Å². The minimum absolute atomic E-state index is 0. The number of ether oxygens (including phenoxy) is 3. The summed E-state index contributed by atoms with van der Waals surface area (Å²) in [4.78, 5) is 60.5. The molecular weight excluding hydrogens is 881 g/mol. The number of hydrogen-bond donors (Lipinski definition) is 0. The van der Waals surface area contributed by atoms with E-state index in [0.29, 0.717) is 13.0 Å². The van der Waals surface area contributed by atoms with E-state index < -0.39 is 16.8 Å². The summed E-state index contributed by atoms with van der Waals surface area (Å²) >= 11 is 7.33.